The van der Waals surface area contributed by atoms with Gasteiger partial charge in [0.1, 0.15) is 0 Å². The maximum Gasteiger partial charge on any atom is 0.251 e. The lowest BCUT2D eigenvalue weighted by Crippen LogP contribution is -2.30. The Morgan fingerprint density at radius 3 is 3.06 bits per heavy atom. The molecule has 1 heterocycles. The van der Waals surface area contributed by atoms with Crippen LogP contribution in [0.4, 0.5) is 0 Å². The van der Waals surface area contributed by atoms with E-state index in [4.69, 9.17) is 5.11 Å². The fourth-order valence-corrected chi connectivity index (χ4v) is 1.56. The van der Waals surface area contributed by atoms with E-state index in [9.17, 15) is 4.79 Å². The number of fused-ring (bicyclic) bond motifs is 1. The van der Waals surface area contributed by atoms with Crippen molar-refractivity contribution in [1.82, 2.24) is 10.3 Å². The number of aliphatic hydroxyl groups excluding tert-OH is 1. The zero-order valence-electron chi connectivity index (χ0n) is 9.55. The van der Waals surface area contributed by atoms with Crippen molar-refractivity contribution in [3.05, 3.63) is 42.1 Å². The first-order valence-electron chi connectivity index (χ1n) is 5.48. The van der Waals surface area contributed by atoms with E-state index in [1.807, 2.05) is 18.2 Å². The number of nitrogens with one attached hydrogen (secondary N) is 1. The van der Waals surface area contributed by atoms with E-state index in [1.54, 1.807) is 25.3 Å². The van der Waals surface area contributed by atoms with Gasteiger partial charge in [-0.1, -0.05) is 6.07 Å². The molecule has 0 radical (unpaired) electrons. The summed E-state index contributed by atoms with van der Waals surface area (Å²) in [5, 5.41) is 12.7. The molecule has 88 valence electrons. The Labute approximate surface area is 99.3 Å². The summed E-state index contributed by atoms with van der Waals surface area (Å²) in [5.41, 5.74) is 1.44. The Balaban J connectivity index is 2.21. The number of pyridine rings is 1. The summed E-state index contributed by atoms with van der Waals surface area (Å²) in [6.07, 6.45) is 1.18. The van der Waals surface area contributed by atoms with Crippen molar-refractivity contribution < 1.29 is 9.90 Å². The molecule has 0 saturated carbocycles. The highest BCUT2D eigenvalue weighted by atomic mass is 16.3. The maximum absolute atomic E-state index is 11.8. The van der Waals surface area contributed by atoms with Crippen LogP contribution in [0.2, 0.25) is 0 Å². The number of aromatic nitrogens is 1. The number of carbonyl (C=O) groups is 1. The number of amides is 1. The van der Waals surface area contributed by atoms with Crippen LogP contribution in [-0.4, -0.2) is 28.6 Å². The van der Waals surface area contributed by atoms with Gasteiger partial charge < -0.3 is 10.4 Å². The second-order valence-electron chi connectivity index (χ2n) is 3.97. The SMILES string of the molecule is CC(O)CNC(=O)c1ccc2ncccc2c1. The van der Waals surface area contributed by atoms with Gasteiger partial charge in [-0.2, -0.15) is 0 Å². The average Bonchev–Trinajstić information content (AvgIpc) is 2.35. The maximum atomic E-state index is 11.8. The number of hydrogen-bond donors (Lipinski definition) is 2. The predicted octanol–water partition coefficient (Wildman–Crippen LogP) is 1.35. The highest BCUT2D eigenvalue weighted by molar-refractivity contribution is 5.97. The first kappa shape index (κ1) is 11.5. The molecule has 4 nitrogen and oxygen atoms in total. The van der Waals surface area contributed by atoms with Gasteiger partial charge in [-0.3, -0.25) is 9.78 Å². The summed E-state index contributed by atoms with van der Waals surface area (Å²) >= 11 is 0. The normalized spacial score (nSPS) is 12.4. The van der Waals surface area contributed by atoms with Crippen LogP contribution in [0.25, 0.3) is 10.9 Å². The summed E-state index contributed by atoms with van der Waals surface area (Å²) in [7, 11) is 0. The highest BCUT2D eigenvalue weighted by Crippen LogP contribution is 2.13. The first-order valence-corrected chi connectivity index (χ1v) is 5.48. The number of nitrogens with zero attached hydrogens (tertiary/aromatic N) is 1. The summed E-state index contributed by atoms with van der Waals surface area (Å²) in [6, 6.07) is 9.08. The van der Waals surface area contributed by atoms with Crippen LogP contribution in [0.3, 0.4) is 0 Å². The molecule has 1 atom stereocenters. The fraction of sp³-hybridized carbons (Fsp3) is 0.231. The van der Waals surface area contributed by atoms with Crippen LogP contribution in [0.5, 0.6) is 0 Å². The van der Waals surface area contributed by atoms with Gasteiger partial charge in [0.2, 0.25) is 0 Å². The molecule has 2 rings (SSSR count). The lowest BCUT2D eigenvalue weighted by atomic mass is 10.1. The van der Waals surface area contributed by atoms with Crippen LogP contribution in [0.15, 0.2) is 36.5 Å². The molecular formula is C13H14N2O2. The molecule has 0 spiro atoms. The van der Waals surface area contributed by atoms with E-state index in [-0.39, 0.29) is 12.5 Å². The molecule has 1 aromatic carbocycles. The Bertz CT molecular complexity index is 538. The van der Waals surface area contributed by atoms with Crippen LogP contribution < -0.4 is 5.32 Å². The molecule has 4 heteroatoms. The lowest BCUT2D eigenvalue weighted by molar-refractivity contribution is 0.0924. The third kappa shape index (κ3) is 2.79. The van der Waals surface area contributed by atoms with Crippen molar-refractivity contribution in [2.75, 3.05) is 6.54 Å². The monoisotopic (exact) mass is 230 g/mol. The van der Waals surface area contributed by atoms with Crippen molar-refractivity contribution in [2.45, 2.75) is 13.0 Å². The summed E-state index contributed by atoms with van der Waals surface area (Å²) in [4.78, 5) is 15.9. The second kappa shape index (κ2) is 4.93. The lowest BCUT2D eigenvalue weighted by Gasteiger charge is -2.07. The standard InChI is InChI=1S/C13H14N2O2/c1-9(16)8-15-13(17)11-4-5-12-10(7-11)3-2-6-14-12/h2-7,9,16H,8H2,1H3,(H,15,17). The van der Waals surface area contributed by atoms with Gasteiger partial charge in [0.25, 0.3) is 5.91 Å². The van der Waals surface area contributed by atoms with Crippen molar-refractivity contribution in [3.8, 4) is 0 Å². The molecule has 0 aliphatic carbocycles. The van der Waals surface area contributed by atoms with Crippen molar-refractivity contribution in [3.63, 3.8) is 0 Å². The molecule has 17 heavy (non-hydrogen) atoms. The number of hydrogen-bond acceptors (Lipinski definition) is 3. The van der Waals surface area contributed by atoms with Gasteiger partial charge in [0.15, 0.2) is 0 Å². The largest absolute Gasteiger partial charge is 0.392 e. The van der Waals surface area contributed by atoms with E-state index < -0.39 is 6.10 Å². The third-order valence-corrected chi connectivity index (χ3v) is 2.42. The van der Waals surface area contributed by atoms with E-state index in [0.717, 1.165) is 10.9 Å². The van der Waals surface area contributed by atoms with Crippen LogP contribution >= 0.6 is 0 Å². The van der Waals surface area contributed by atoms with Gasteiger partial charge in [0.05, 0.1) is 11.6 Å². The Hall–Kier alpha value is -1.94. The molecule has 2 N–H and O–H groups in total. The van der Waals surface area contributed by atoms with E-state index in [0.29, 0.717) is 5.56 Å². The molecular weight excluding hydrogens is 216 g/mol. The van der Waals surface area contributed by atoms with E-state index in [1.165, 1.54) is 0 Å². The number of rotatable bonds is 3. The highest BCUT2D eigenvalue weighted by Gasteiger charge is 2.07. The average molecular weight is 230 g/mol. The molecule has 1 amide bonds. The summed E-state index contributed by atoms with van der Waals surface area (Å²) < 4.78 is 0. The molecule has 0 aliphatic heterocycles. The van der Waals surface area contributed by atoms with Gasteiger partial charge in [-0.25, -0.2) is 0 Å². The minimum atomic E-state index is -0.541. The first-order chi connectivity index (χ1) is 8.16. The zero-order chi connectivity index (χ0) is 12.3. The smallest absolute Gasteiger partial charge is 0.251 e. The van der Waals surface area contributed by atoms with Gasteiger partial charge >= 0.3 is 0 Å². The van der Waals surface area contributed by atoms with Gasteiger partial charge in [-0.15, -0.1) is 0 Å². The number of aliphatic hydroxyl groups is 1. The molecule has 0 bridgehead atoms. The van der Waals surface area contributed by atoms with E-state index >= 15 is 0 Å². The van der Waals surface area contributed by atoms with Gasteiger partial charge in [0, 0.05) is 23.7 Å². The van der Waals surface area contributed by atoms with Crippen molar-refractivity contribution in [2.24, 2.45) is 0 Å². The molecule has 1 unspecified atom stereocenters. The number of carbonyl (C=O) groups excluding carboxylic acids is 1. The summed E-state index contributed by atoms with van der Waals surface area (Å²) in [6.45, 7) is 1.88. The summed E-state index contributed by atoms with van der Waals surface area (Å²) in [5.74, 6) is -0.184. The molecule has 0 saturated heterocycles. The number of benzene rings is 1. The Morgan fingerprint density at radius 1 is 1.47 bits per heavy atom. The van der Waals surface area contributed by atoms with Crippen LogP contribution in [-0.2, 0) is 0 Å². The van der Waals surface area contributed by atoms with Crippen LogP contribution in [0.1, 0.15) is 17.3 Å². The van der Waals surface area contributed by atoms with Gasteiger partial charge in [-0.05, 0) is 31.2 Å². The molecule has 0 aliphatic rings. The molecule has 2 aromatic rings. The van der Waals surface area contributed by atoms with E-state index in [2.05, 4.69) is 10.3 Å². The third-order valence-electron chi connectivity index (χ3n) is 2.42. The predicted molar refractivity (Wildman–Crippen MR) is 65.8 cm³/mol. The topological polar surface area (TPSA) is 62.2 Å². The van der Waals surface area contributed by atoms with Crippen molar-refractivity contribution in [1.29, 1.82) is 0 Å². The minimum Gasteiger partial charge on any atom is -0.392 e. The minimum absolute atomic E-state index is 0.184. The second-order valence-corrected chi connectivity index (χ2v) is 3.97. The van der Waals surface area contributed by atoms with Crippen molar-refractivity contribution >= 4 is 16.8 Å². The van der Waals surface area contributed by atoms with Crippen LogP contribution in [0, 0.1) is 0 Å². The molecule has 0 fully saturated rings. The quantitative estimate of drug-likeness (QED) is 0.836. The molecule has 1 aromatic heterocycles. The Kier molecular flexibility index (Phi) is 3.35. The zero-order valence-corrected chi connectivity index (χ0v) is 9.55. The Morgan fingerprint density at radius 2 is 2.29 bits per heavy atom. The fourth-order valence-electron chi connectivity index (χ4n) is 1.56.